The molecule has 120 valence electrons. The second-order valence-electron chi connectivity index (χ2n) is 5.90. The fourth-order valence-electron chi connectivity index (χ4n) is 3.15. The molecule has 0 saturated heterocycles. The summed E-state index contributed by atoms with van der Waals surface area (Å²) >= 11 is 0. The van der Waals surface area contributed by atoms with E-state index in [0.29, 0.717) is 5.56 Å². The SMILES string of the molecule is CS(=O)(=O)CCNC(=O)c1ccc2c3c1CCN3CCNC2. The Balaban J connectivity index is 1.81. The van der Waals surface area contributed by atoms with Crippen molar-refractivity contribution < 1.29 is 13.2 Å². The van der Waals surface area contributed by atoms with Gasteiger partial charge in [-0.15, -0.1) is 0 Å². The highest BCUT2D eigenvalue weighted by atomic mass is 32.2. The topological polar surface area (TPSA) is 78.5 Å². The van der Waals surface area contributed by atoms with Crippen molar-refractivity contribution in [2.24, 2.45) is 0 Å². The van der Waals surface area contributed by atoms with Crippen LogP contribution in [0.15, 0.2) is 12.1 Å². The van der Waals surface area contributed by atoms with Crippen LogP contribution in [0.1, 0.15) is 21.5 Å². The Morgan fingerprint density at radius 3 is 2.95 bits per heavy atom. The zero-order valence-electron chi connectivity index (χ0n) is 12.7. The predicted octanol–water partition coefficient (Wildman–Crippen LogP) is -0.0733. The first-order valence-corrected chi connectivity index (χ1v) is 9.58. The third kappa shape index (κ3) is 3.10. The summed E-state index contributed by atoms with van der Waals surface area (Å²) in [6, 6.07) is 3.86. The summed E-state index contributed by atoms with van der Waals surface area (Å²) in [7, 11) is -3.06. The highest BCUT2D eigenvalue weighted by Crippen LogP contribution is 2.35. The van der Waals surface area contributed by atoms with Gasteiger partial charge >= 0.3 is 0 Å². The maximum atomic E-state index is 12.4. The average Bonchev–Trinajstić information content (AvgIpc) is 2.74. The van der Waals surface area contributed by atoms with Crippen molar-refractivity contribution in [1.29, 1.82) is 0 Å². The molecule has 1 amide bonds. The standard InChI is InChI=1S/C15H21N3O3S/c1-22(20,21)9-6-17-15(19)13-3-2-11-10-16-5-8-18-7-4-12(13)14(11)18/h2-3,16H,4-10H2,1H3,(H,17,19). The second kappa shape index (κ2) is 5.89. The molecule has 2 N–H and O–H groups in total. The first-order valence-electron chi connectivity index (χ1n) is 7.52. The Morgan fingerprint density at radius 1 is 1.36 bits per heavy atom. The van der Waals surface area contributed by atoms with Crippen molar-refractivity contribution in [2.75, 3.05) is 43.1 Å². The molecule has 7 heteroatoms. The number of hydrogen-bond acceptors (Lipinski definition) is 5. The summed E-state index contributed by atoms with van der Waals surface area (Å²) in [4.78, 5) is 14.7. The number of carbonyl (C=O) groups excluding carboxylic acids is 1. The van der Waals surface area contributed by atoms with Crippen LogP contribution in [0.2, 0.25) is 0 Å². The number of hydrogen-bond donors (Lipinski definition) is 2. The molecule has 0 aliphatic carbocycles. The fraction of sp³-hybridized carbons (Fsp3) is 0.533. The van der Waals surface area contributed by atoms with Gasteiger partial charge in [0.05, 0.1) is 5.75 Å². The minimum Gasteiger partial charge on any atom is -0.369 e. The lowest BCUT2D eigenvalue weighted by Crippen LogP contribution is -2.29. The minimum absolute atomic E-state index is 0.0327. The predicted molar refractivity (Wildman–Crippen MR) is 86.1 cm³/mol. The molecule has 0 spiro atoms. The van der Waals surface area contributed by atoms with E-state index in [4.69, 9.17) is 0 Å². The molecule has 6 nitrogen and oxygen atoms in total. The lowest BCUT2D eigenvalue weighted by molar-refractivity contribution is 0.0955. The van der Waals surface area contributed by atoms with Crippen LogP contribution in [-0.2, 0) is 22.8 Å². The van der Waals surface area contributed by atoms with Gasteiger partial charge in [-0.05, 0) is 23.6 Å². The van der Waals surface area contributed by atoms with Gasteiger partial charge in [0.1, 0.15) is 9.84 Å². The maximum absolute atomic E-state index is 12.4. The number of anilines is 1. The summed E-state index contributed by atoms with van der Waals surface area (Å²) in [6.07, 6.45) is 2.05. The van der Waals surface area contributed by atoms with E-state index in [-0.39, 0.29) is 18.2 Å². The number of carbonyl (C=O) groups is 1. The average molecular weight is 323 g/mol. The lowest BCUT2D eigenvalue weighted by atomic mass is 10.00. The molecule has 1 aromatic rings. The first kappa shape index (κ1) is 15.3. The molecule has 2 heterocycles. The smallest absolute Gasteiger partial charge is 0.251 e. The second-order valence-corrected chi connectivity index (χ2v) is 8.16. The molecular weight excluding hydrogens is 302 g/mol. The van der Waals surface area contributed by atoms with E-state index in [1.807, 2.05) is 12.1 Å². The van der Waals surface area contributed by atoms with Crippen molar-refractivity contribution in [3.05, 3.63) is 28.8 Å². The molecule has 22 heavy (non-hydrogen) atoms. The van der Waals surface area contributed by atoms with Crippen LogP contribution >= 0.6 is 0 Å². The largest absolute Gasteiger partial charge is 0.369 e. The molecule has 0 bridgehead atoms. The summed E-state index contributed by atoms with van der Waals surface area (Å²) < 4.78 is 22.3. The Bertz CT molecular complexity index is 700. The molecule has 0 aromatic heterocycles. The Kier molecular flexibility index (Phi) is 4.10. The normalized spacial score (nSPS) is 17.0. The minimum atomic E-state index is -3.06. The molecule has 0 atom stereocenters. The van der Waals surface area contributed by atoms with E-state index in [2.05, 4.69) is 15.5 Å². The van der Waals surface area contributed by atoms with Crippen molar-refractivity contribution in [2.45, 2.75) is 13.0 Å². The van der Waals surface area contributed by atoms with Crippen LogP contribution in [0.25, 0.3) is 0 Å². The van der Waals surface area contributed by atoms with Gasteiger partial charge in [-0.1, -0.05) is 6.07 Å². The summed E-state index contributed by atoms with van der Waals surface area (Å²) in [5, 5.41) is 6.10. The van der Waals surface area contributed by atoms with Crippen LogP contribution in [0.3, 0.4) is 0 Å². The van der Waals surface area contributed by atoms with Gasteiger partial charge in [-0.3, -0.25) is 4.79 Å². The Morgan fingerprint density at radius 2 is 2.18 bits per heavy atom. The van der Waals surface area contributed by atoms with Gasteiger partial charge in [0.15, 0.2) is 0 Å². The molecule has 2 aliphatic heterocycles. The van der Waals surface area contributed by atoms with Crippen LogP contribution in [0.4, 0.5) is 5.69 Å². The Labute approximate surface area is 130 Å². The van der Waals surface area contributed by atoms with Crippen molar-refractivity contribution in [1.82, 2.24) is 10.6 Å². The summed E-state index contributed by atoms with van der Waals surface area (Å²) in [6.45, 7) is 3.83. The van der Waals surface area contributed by atoms with E-state index in [9.17, 15) is 13.2 Å². The molecule has 0 fully saturated rings. The van der Waals surface area contributed by atoms with Crippen LogP contribution in [-0.4, -0.2) is 52.5 Å². The maximum Gasteiger partial charge on any atom is 0.251 e. The van der Waals surface area contributed by atoms with E-state index in [1.54, 1.807) is 0 Å². The number of rotatable bonds is 4. The third-order valence-electron chi connectivity index (χ3n) is 4.19. The number of benzene rings is 1. The Hall–Kier alpha value is -1.60. The van der Waals surface area contributed by atoms with E-state index in [1.165, 1.54) is 17.5 Å². The fourth-order valence-corrected chi connectivity index (χ4v) is 3.62. The van der Waals surface area contributed by atoms with Gasteiger partial charge < -0.3 is 15.5 Å². The van der Waals surface area contributed by atoms with Crippen molar-refractivity contribution >= 4 is 21.4 Å². The van der Waals surface area contributed by atoms with Crippen LogP contribution in [0.5, 0.6) is 0 Å². The van der Waals surface area contributed by atoms with Crippen LogP contribution < -0.4 is 15.5 Å². The number of nitrogens with one attached hydrogen (secondary N) is 2. The van der Waals surface area contributed by atoms with E-state index >= 15 is 0 Å². The highest BCUT2D eigenvalue weighted by Gasteiger charge is 2.28. The zero-order valence-corrected chi connectivity index (χ0v) is 13.5. The van der Waals surface area contributed by atoms with Gasteiger partial charge in [0.2, 0.25) is 0 Å². The molecule has 0 unspecified atom stereocenters. The lowest BCUT2D eigenvalue weighted by Gasteiger charge is -2.19. The first-order chi connectivity index (χ1) is 10.5. The van der Waals surface area contributed by atoms with Gasteiger partial charge in [0, 0.05) is 50.2 Å². The third-order valence-corrected chi connectivity index (χ3v) is 5.14. The molecule has 2 aliphatic rings. The molecule has 0 radical (unpaired) electrons. The van der Waals surface area contributed by atoms with E-state index < -0.39 is 9.84 Å². The van der Waals surface area contributed by atoms with Crippen molar-refractivity contribution in [3.8, 4) is 0 Å². The number of sulfone groups is 1. The van der Waals surface area contributed by atoms with Crippen molar-refractivity contribution in [3.63, 3.8) is 0 Å². The zero-order chi connectivity index (χ0) is 15.7. The monoisotopic (exact) mass is 323 g/mol. The van der Waals surface area contributed by atoms with E-state index in [0.717, 1.165) is 38.2 Å². The summed E-state index contributed by atoms with van der Waals surface area (Å²) in [5.74, 6) is -0.213. The molecule has 1 aromatic carbocycles. The molecule has 3 rings (SSSR count). The number of amides is 1. The van der Waals surface area contributed by atoms with Gasteiger partial charge in [-0.25, -0.2) is 8.42 Å². The quantitative estimate of drug-likeness (QED) is 0.811. The van der Waals surface area contributed by atoms with Gasteiger partial charge in [0.25, 0.3) is 5.91 Å². The van der Waals surface area contributed by atoms with Gasteiger partial charge in [-0.2, -0.15) is 0 Å². The molecule has 0 saturated carbocycles. The molecular formula is C15H21N3O3S. The highest BCUT2D eigenvalue weighted by molar-refractivity contribution is 7.90. The van der Waals surface area contributed by atoms with Crippen LogP contribution in [0, 0.1) is 0 Å². The number of nitrogens with zero attached hydrogens (tertiary/aromatic N) is 1. The summed E-state index contributed by atoms with van der Waals surface area (Å²) in [5.41, 5.74) is 4.20.